The number of hydrogen-bond acceptors (Lipinski definition) is 6. The Kier molecular flexibility index (Phi) is 4.64. The van der Waals surface area contributed by atoms with E-state index in [0.29, 0.717) is 23.2 Å². The Balaban J connectivity index is 1.28. The fraction of sp³-hybridized carbons (Fsp3) is 0.588. The Labute approximate surface area is 140 Å². The average molecular weight is 334 g/mol. The van der Waals surface area contributed by atoms with E-state index in [9.17, 15) is 4.39 Å². The van der Waals surface area contributed by atoms with Gasteiger partial charge in [-0.15, -0.1) is 0 Å². The Hall–Kier alpha value is -1.70. The molecule has 0 spiro atoms. The largest absolute Gasteiger partial charge is 0.424 e. The summed E-state index contributed by atoms with van der Waals surface area (Å²) >= 11 is 0. The van der Waals surface area contributed by atoms with Gasteiger partial charge in [0.15, 0.2) is 5.58 Å². The zero-order valence-electron chi connectivity index (χ0n) is 13.7. The lowest BCUT2D eigenvalue weighted by atomic mass is 10.3. The zero-order valence-corrected chi connectivity index (χ0v) is 13.7. The van der Waals surface area contributed by atoms with Gasteiger partial charge in [-0.3, -0.25) is 9.80 Å². The number of fused-ring (bicyclic) bond motifs is 1. The van der Waals surface area contributed by atoms with E-state index in [1.807, 2.05) is 0 Å². The van der Waals surface area contributed by atoms with Crippen molar-refractivity contribution < 1.29 is 13.5 Å². The predicted molar refractivity (Wildman–Crippen MR) is 89.7 cm³/mol. The highest BCUT2D eigenvalue weighted by Gasteiger charge is 2.24. The van der Waals surface area contributed by atoms with Gasteiger partial charge in [0.1, 0.15) is 11.3 Å². The maximum Gasteiger partial charge on any atom is 0.295 e. The van der Waals surface area contributed by atoms with Crippen LogP contribution >= 0.6 is 0 Å². The standard InChI is InChI=1S/C17H23FN4O2/c18-13-1-2-16-15(11-13)20-17(24-16)19-14-3-4-22(12-14)6-5-21-7-9-23-10-8-21/h1-2,11,14H,3-10,12H2,(H,19,20)/t14-/m0/s1. The fourth-order valence-corrected chi connectivity index (χ4v) is 3.40. The number of oxazole rings is 1. The van der Waals surface area contributed by atoms with Crippen LogP contribution in [0.3, 0.4) is 0 Å². The Morgan fingerprint density at radius 2 is 2.00 bits per heavy atom. The monoisotopic (exact) mass is 334 g/mol. The molecular formula is C17H23FN4O2. The van der Waals surface area contributed by atoms with Gasteiger partial charge in [-0.2, -0.15) is 4.98 Å². The maximum absolute atomic E-state index is 13.2. The molecule has 2 aliphatic rings. The third-order valence-electron chi connectivity index (χ3n) is 4.79. The van der Waals surface area contributed by atoms with Crippen LogP contribution in [-0.4, -0.2) is 73.3 Å². The van der Waals surface area contributed by atoms with E-state index in [1.165, 1.54) is 12.1 Å². The maximum atomic E-state index is 13.2. The summed E-state index contributed by atoms with van der Waals surface area (Å²) in [7, 11) is 0. The second-order valence-corrected chi connectivity index (χ2v) is 6.52. The summed E-state index contributed by atoms with van der Waals surface area (Å²) in [6, 6.07) is 5.21. The Morgan fingerprint density at radius 3 is 2.88 bits per heavy atom. The summed E-state index contributed by atoms with van der Waals surface area (Å²) in [5.74, 6) is -0.294. The summed E-state index contributed by atoms with van der Waals surface area (Å²) < 4.78 is 24.2. The molecule has 3 heterocycles. The number of aromatic nitrogens is 1. The molecule has 1 atom stereocenters. The average Bonchev–Trinajstić information content (AvgIpc) is 3.20. The smallest absolute Gasteiger partial charge is 0.295 e. The zero-order chi connectivity index (χ0) is 16.4. The van der Waals surface area contributed by atoms with E-state index >= 15 is 0 Å². The molecule has 6 nitrogen and oxygen atoms in total. The van der Waals surface area contributed by atoms with E-state index in [1.54, 1.807) is 6.07 Å². The van der Waals surface area contributed by atoms with Gasteiger partial charge < -0.3 is 14.5 Å². The highest BCUT2D eigenvalue weighted by Crippen LogP contribution is 2.22. The first kappa shape index (κ1) is 15.8. The van der Waals surface area contributed by atoms with Gasteiger partial charge in [-0.1, -0.05) is 0 Å². The number of nitrogens with zero attached hydrogens (tertiary/aromatic N) is 3. The van der Waals surface area contributed by atoms with E-state index in [-0.39, 0.29) is 5.82 Å². The number of likely N-dealkylation sites (tertiary alicyclic amines) is 1. The van der Waals surface area contributed by atoms with Gasteiger partial charge in [0.2, 0.25) is 0 Å². The van der Waals surface area contributed by atoms with Crippen LogP contribution in [0.1, 0.15) is 6.42 Å². The van der Waals surface area contributed by atoms with Crippen LogP contribution in [0, 0.1) is 5.82 Å². The lowest BCUT2D eigenvalue weighted by molar-refractivity contribution is 0.0344. The van der Waals surface area contributed by atoms with Crippen molar-refractivity contribution in [1.29, 1.82) is 0 Å². The highest BCUT2D eigenvalue weighted by molar-refractivity contribution is 5.74. The molecule has 0 aliphatic carbocycles. The van der Waals surface area contributed by atoms with Crippen molar-refractivity contribution in [2.45, 2.75) is 12.5 Å². The third kappa shape index (κ3) is 3.68. The molecule has 0 radical (unpaired) electrons. The lowest BCUT2D eigenvalue weighted by Crippen LogP contribution is -2.41. The molecule has 24 heavy (non-hydrogen) atoms. The molecule has 1 N–H and O–H groups in total. The SMILES string of the molecule is Fc1ccc2oc(N[C@H]3CCN(CCN4CCOCC4)C3)nc2c1. The van der Waals surface area contributed by atoms with Crippen molar-refractivity contribution in [2.24, 2.45) is 0 Å². The summed E-state index contributed by atoms with van der Waals surface area (Å²) in [4.78, 5) is 9.25. The molecule has 2 aliphatic heterocycles. The van der Waals surface area contributed by atoms with E-state index in [2.05, 4.69) is 20.1 Å². The molecule has 7 heteroatoms. The minimum absolute atomic E-state index is 0.294. The predicted octanol–water partition coefficient (Wildman–Crippen LogP) is 1.79. The van der Waals surface area contributed by atoms with Crippen molar-refractivity contribution in [3.05, 3.63) is 24.0 Å². The molecule has 0 unspecified atom stereocenters. The van der Waals surface area contributed by atoms with E-state index in [4.69, 9.17) is 9.15 Å². The number of nitrogens with one attached hydrogen (secondary N) is 1. The number of hydrogen-bond donors (Lipinski definition) is 1. The number of benzene rings is 1. The van der Waals surface area contributed by atoms with Crippen LogP contribution in [0.15, 0.2) is 22.6 Å². The van der Waals surface area contributed by atoms with Crippen molar-refractivity contribution >= 4 is 17.1 Å². The molecular weight excluding hydrogens is 311 g/mol. The fourth-order valence-electron chi connectivity index (χ4n) is 3.40. The first-order valence-electron chi connectivity index (χ1n) is 8.61. The molecule has 130 valence electrons. The first-order valence-corrected chi connectivity index (χ1v) is 8.61. The summed E-state index contributed by atoms with van der Waals surface area (Å²) in [6.07, 6.45) is 1.07. The number of ether oxygens (including phenoxy) is 1. The van der Waals surface area contributed by atoms with Crippen molar-refractivity contribution in [1.82, 2.24) is 14.8 Å². The molecule has 1 aromatic carbocycles. The lowest BCUT2D eigenvalue weighted by Gasteiger charge is -2.28. The molecule has 0 bridgehead atoms. The normalized spacial score (nSPS) is 23.1. The van der Waals surface area contributed by atoms with Crippen LogP contribution < -0.4 is 5.32 Å². The second kappa shape index (κ2) is 7.04. The van der Waals surface area contributed by atoms with Crippen molar-refractivity contribution in [2.75, 3.05) is 57.8 Å². The van der Waals surface area contributed by atoms with Crippen molar-refractivity contribution in [3.63, 3.8) is 0 Å². The topological polar surface area (TPSA) is 53.8 Å². The van der Waals surface area contributed by atoms with Crippen molar-refractivity contribution in [3.8, 4) is 0 Å². The second-order valence-electron chi connectivity index (χ2n) is 6.52. The minimum atomic E-state index is -0.294. The summed E-state index contributed by atoms with van der Waals surface area (Å²) in [6.45, 7) is 8.01. The third-order valence-corrected chi connectivity index (χ3v) is 4.79. The first-order chi connectivity index (χ1) is 11.8. The van der Waals surface area contributed by atoms with Gasteiger partial charge in [0.25, 0.3) is 6.01 Å². The number of morpholine rings is 1. The summed E-state index contributed by atoms with van der Waals surface area (Å²) in [5, 5.41) is 3.34. The number of anilines is 1. The van der Waals surface area contributed by atoms with Gasteiger partial charge in [-0.05, 0) is 18.6 Å². The van der Waals surface area contributed by atoms with Crippen LogP contribution in [-0.2, 0) is 4.74 Å². The van der Waals surface area contributed by atoms with E-state index < -0.39 is 0 Å². The molecule has 2 aromatic rings. The molecule has 2 saturated heterocycles. The van der Waals surface area contributed by atoms with Gasteiger partial charge in [0, 0.05) is 51.4 Å². The summed E-state index contributed by atoms with van der Waals surface area (Å²) in [5.41, 5.74) is 1.17. The van der Waals surface area contributed by atoms with Crippen LogP contribution in [0.5, 0.6) is 0 Å². The molecule has 1 aromatic heterocycles. The van der Waals surface area contributed by atoms with Crippen LogP contribution in [0.4, 0.5) is 10.4 Å². The van der Waals surface area contributed by atoms with Gasteiger partial charge in [0.05, 0.1) is 13.2 Å². The Morgan fingerprint density at radius 1 is 1.17 bits per heavy atom. The minimum Gasteiger partial charge on any atom is -0.424 e. The Bertz CT molecular complexity index is 686. The number of rotatable bonds is 5. The quantitative estimate of drug-likeness (QED) is 0.900. The molecule has 2 fully saturated rings. The highest BCUT2D eigenvalue weighted by atomic mass is 19.1. The molecule has 0 saturated carbocycles. The van der Waals surface area contributed by atoms with Gasteiger partial charge >= 0.3 is 0 Å². The molecule has 4 rings (SSSR count). The van der Waals surface area contributed by atoms with Crippen LogP contribution in [0.2, 0.25) is 0 Å². The molecule has 0 amide bonds. The van der Waals surface area contributed by atoms with Crippen LogP contribution in [0.25, 0.3) is 11.1 Å². The van der Waals surface area contributed by atoms with Gasteiger partial charge in [-0.25, -0.2) is 4.39 Å². The number of halogens is 1. The van der Waals surface area contributed by atoms with E-state index in [0.717, 1.165) is 58.9 Å².